The molecule has 2 saturated carbocycles. The largest absolute Gasteiger partial charge is 0.361 e. The quantitative estimate of drug-likeness (QED) is 0.535. The third-order valence-corrected chi connectivity index (χ3v) is 10.8. The third-order valence-electron chi connectivity index (χ3n) is 7.81. The molecule has 1 aromatic rings. The van der Waals surface area contributed by atoms with Crippen molar-refractivity contribution in [1.29, 1.82) is 0 Å². The van der Waals surface area contributed by atoms with Crippen LogP contribution in [0.25, 0.3) is 0 Å². The van der Waals surface area contributed by atoms with Crippen molar-refractivity contribution >= 4 is 15.6 Å². The smallest absolute Gasteiger partial charge is 0.165 e. The van der Waals surface area contributed by atoms with Gasteiger partial charge in [0.15, 0.2) is 21.9 Å². The Hall–Kier alpha value is -1.25. The average molecular weight is 468 g/mol. The van der Waals surface area contributed by atoms with E-state index < -0.39 is 19.8 Å². The number of carbonyl (C=O) groups excluding carboxylic acids is 1. The second kappa shape index (κ2) is 9.55. The molecule has 1 aliphatic heterocycles. The van der Waals surface area contributed by atoms with Gasteiger partial charge in [0, 0.05) is 18.1 Å². The summed E-state index contributed by atoms with van der Waals surface area (Å²) in [5.41, 5.74) is 0.585. The van der Waals surface area contributed by atoms with Crippen LogP contribution < -0.4 is 0 Å². The van der Waals surface area contributed by atoms with E-state index in [2.05, 4.69) is 5.16 Å². The number of hydrogen-bond donors (Lipinski definition) is 0. The van der Waals surface area contributed by atoms with Crippen LogP contribution in [0.3, 0.4) is 0 Å². The van der Waals surface area contributed by atoms with Crippen molar-refractivity contribution in [3.8, 4) is 0 Å². The Labute approximate surface area is 191 Å². The summed E-state index contributed by atoms with van der Waals surface area (Å²) in [4.78, 5) is 13.1. The number of sulfone groups is 1. The summed E-state index contributed by atoms with van der Waals surface area (Å²) in [5.74, 6) is 0.0966. The Morgan fingerprint density at radius 3 is 2.47 bits per heavy atom. The van der Waals surface area contributed by atoms with Crippen molar-refractivity contribution in [2.45, 2.75) is 113 Å². The molecule has 32 heavy (non-hydrogen) atoms. The van der Waals surface area contributed by atoms with Crippen LogP contribution in [0.4, 0.5) is 0 Å². The lowest BCUT2D eigenvalue weighted by Crippen LogP contribution is -2.46. The summed E-state index contributed by atoms with van der Waals surface area (Å²) in [6.45, 7) is 4.35. The maximum Gasteiger partial charge on any atom is 0.165 e. The molecule has 4 rings (SSSR count). The molecule has 0 amide bonds. The molecule has 7 nitrogen and oxygen atoms in total. The Bertz CT molecular complexity index is 887. The van der Waals surface area contributed by atoms with Crippen LogP contribution in [0.5, 0.6) is 0 Å². The summed E-state index contributed by atoms with van der Waals surface area (Å²) >= 11 is 0. The highest BCUT2D eigenvalue weighted by Gasteiger charge is 2.47. The summed E-state index contributed by atoms with van der Waals surface area (Å²) in [7, 11) is -3.55. The Kier molecular flexibility index (Phi) is 7.13. The molecule has 1 atom stereocenters. The van der Waals surface area contributed by atoms with Gasteiger partial charge in [-0.25, -0.2) is 8.42 Å². The number of ketones is 1. The molecule has 0 bridgehead atoms. The highest BCUT2D eigenvalue weighted by molar-refractivity contribution is 7.94. The fourth-order valence-corrected chi connectivity index (χ4v) is 7.59. The van der Waals surface area contributed by atoms with Crippen molar-refractivity contribution in [3.63, 3.8) is 0 Å². The maximum absolute atomic E-state index is 13.1. The fraction of sp³-hybridized carbons (Fsp3) is 0.833. The van der Waals surface area contributed by atoms with Gasteiger partial charge in [0.25, 0.3) is 0 Å². The number of Topliss-reactive ketones (excluding diaryl/α,β-unsaturated/α-hetero) is 1. The van der Waals surface area contributed by atoms with Gasteiger partial charge in [-0.1, -0.05) is 30.8 Å². The van der Waals surface area contributed by atoms with Crippen LogP contribution in [-0.4, -0.2) is 48.9 Å². The molecule has 2 aliphatic carbocycles. The summed E-state index contributed by atoms with van der Waals surface area (Å²) in [6, 6.07) is 1.84. The Morgan fingerprint density at radius 2 is 1.81 bits per heavy atom. The fourth-order valence-electron chi connectivity index (χ4n) is 5.41. The highest BCUT2D eigenvalue weighted by atomic mass is 32.2. The highest BCUT2D eigenvalue weighted by Crippen LogP contribution is 2.42. The minimum Gasteiger partial charge on any atom is -0.361 e. The van der Waals surface area contributed by atoms with Gasteiger partial charge in [-0.2, -0.15) is 0 Å². The van der Waals surface area contributed by atoms with Crippen LogP contribution in [0.15, 0.2) is 10.6 Å². The first-order valence-corrected chi connectivity index (χ1v) is 13.8. The lowest BCUT2D eigenvalue weighted by Gasteiger charge is -2.30. The number of ether oxygens (including phenoxy) is 2. The molecule has 1 aromatic heterocycles. The molecule has 3 aliphatic rings. The number of nitrogens with zero attached hydrogens (tertiary/aromatic N) is 1. The second-order valence-electron chi connectivity index (χ2n) is 10.3. The minimum atomic E-state index is -3.55. The van der Waals surface area contributed by atoms with Gasteiger partial charge in [0.05, 0.1) is 24.0 Å². The van der Waals surface area contributed by atoms with E-state index in [1.54, 1.807) is 0 Å². The molecule has 180 valence electrons. The lowest BCUT2D eigenvalue weighted by molar-refractivity contribution is -0.172. The lowest BCUT2D eigenvalue weighted by atomic mass is 9.83. The zero-order valence-electron chi connectivity index (χ0n) is 19.4. The monoisotopic (exact) mass is 467 g/mol. The molecule has 3 fully saturated rings. The van der Waals surface area contributed by atoms with Gasteiger partial charge < -0.3 is 14.0 Å². The van der Waals surface area contributed by atoms with Crippen LogP contribution >= 0.6 is 0 Å². The molecular weight excluding hydrogens is 430 g/mol. The van der Waals surface area contributed by atoms with E-state index in [1.807, 2.05) is 6.07 Å². The van der Waals surface area contributed by atoms with E-state index in [1.165, 1.54) is 13.8 Å². The predicted octanol–water partition coefficient (Wildman–Crippen LogP) is 4.28. The van der Waals surface area contributed by atoms with Crippen molar-refractivity contribution < 1.29 is 27.2 Å². The Morgan fingerprint density at radius 1 is 1.12 bits per heavy atom. The molecule has 2 heterocycles. The van der Waals surface area contributed by atoms with Crippen LogP contribution in [0.2, 0.25) is 0 Å². The Balaban J connectivity index is 1.44. The van der Waals surface area contributed by atoms with Gasteiger partial charge in [-0.3, -0.25) is 4.79 Å². The van der Waals surface area contributed by atoms with E-state index in [9.17, 15) is 13.2 Å². The first-order chi connectivity index (χ1) is 15.2. The number of rotatable bonds is 9. The van der Waals surface area contributed by atoms with Crippen molar-refractivity contribution in [1.82, 2.24) is 5.16 Å². The first kappa shape index (κ1) is 23.9. The summed E-state index contributed by atoms with van der Waals surface area (Å²) in [5, 5.41) is 3.90. The maximum atomic E-state index is 13.1. The van der Waals surface area contributed by atoms with E-state index in [0.717, 1.165) is 70.1 Å². The van der Waals surface area contributed by atoms with E-state index >= 15 is 0 Å². The minimum absolute atomic E-state index is 0.0609. The molecule has 1 unspecified atom stereocenters. The van der Waals surface area contributed by atoms with Crippen molar-refractivity contribution in [3.05, 3.63) is 17.5 Å². The van der Waals surface area contributed by atoms with Gasteiger partial charge >= 0.3 is 0 Å². The molecule has 8 heteroatoms. The first-order valence-electron chi connectivity index (χ1n) is 12.2. The number of carbonyl (C=O) groups is 1. The van der Waals surface area contributed by atoms with Crippen LogP contribution in [0.1, 0.15) is 95.9 Å². The molecule has 1 saturated heterocycles. The second-order valence-corrected chi connectivity index (χ2v) is 13.1. The molecule has 0 N–H and O–H groups in total. The van der Waals surface area contributed by atoms with Gasteiger partial charge in [-0.15, -0.1) is 0 Å². The zero-order valence-corrected chi connectivity index (χ0v) is 20.3. The average Bonchev–Trinajstić information content (AvgIpc) is 3.55. The number of hydrogen-bond acceptors (Lipinski definition) is 7. The van der Waals surface area contributed by atoms with Crippen molar-refractivity contribution in [2.24, 2.45) is 0 Å². The molecule has 0 spiro atoms. The summed E-state index contributed by atoms with van der Waals surface area (Å²) < 4.78 is 42.1. The van der Waals surface area contributed by atoms with E-state index in [-0.39, 0.29) is 23.9 Å². The molecule has 0 radical (unpaired) electrons. The van der Waals surface area contributed by atoms with E-state index in [4.69, 9.17) is 14.0 Å². The summed E-state index contributed by atoms with van der Waals surface area (Å²) in [6.07, 6.45) is 10.1. The van der Waals surface area contributed by atoms with Gasteiger partial charge in [0.1, 0.15) is 10.5 Å². The molecule has 0 aromatic carbocycles. The van der Waals surface area contributed by atoms with Gasteiger partial charge in [-0.05, 0) is 58.8 Å². The van der Waals surface area contributed by atoms with Crippen LogP contribution in [-0.2, 0) is 35.9 Å². The third kappa shape index (κ3) is 4.68. The van der Waals surface area contributed by atoms with Crippen molar-refractivity contribution in [2.75, 3.05) is 13.2 Å². The molecular formula is C24H37NO6S. The normalized spacial score (nSPS) is 24.8. The number of aromatic nitrogens is 1. The predicted molar refractivity (Wildman–Crippen MR) is 120 cm³/mol. The zero-order chi connectivity index (χ0) is 22.8. The standard InChI is InChI=1S/C24H37NO6S/c1-23(2,32(27,28)19-9-3-4-10-19)21(26)16-18-15-20(25-31-18)24(12-6-7-13-24)17-30-22-11-5-8-14-29-22/h15,19,22H,3-14,16-17H2,1-2H3. The SMILES string of the molecule is CC(C)(C(=O)Cc1cc(C2(COC3CCCCO3)CCCC2)no1)S(=O)(=O)C1CCCC1. The topological polar surface area (TPSA) is 95.7 Å². The van der Waals surface area contributed by atoms with Gasteiger partial charge in [0.2, 0.25) is 0 Å². The van der Waals surface area contributed by atoms with E-state index in [0.29, 0.717) is 25.2 Å². The van der Waals surface area contributed by atoms with Crippen LogP contribution in [0, 0.1) is 0 Å².